The molecule has 0 saturated heterocycles. The lowest BCUT2D eigenvalue weighted by molar-refractivity contribution is -0.140. The minimum absolute atomic E-state index is 0.320. The first-order valence-electron chi connectivity index (χ1n) is 9.41. The van der Waals surface area contributed by atoms with E-state index < -0.39 is 17.7 Å². The summed E-state index contributed by atoms with van der Waals surface area (Å²) in [6.07, 6.45) is 0.613. The van der Waals surface area contributed by atoms with Crippen molar-refractivity contribution in [2.24, 2.45) is 0 Å². The molecule has 1 heterocycles. The highest BCUT2D eigenvalue weighted by molar-refractivity contribution is 6.11. The summed E-state index contributed by atoms with van der Waals surface area (Å²) in [5, 5.41) is 17.2. The molecule has 146 valence electrons. The van der Waals surface area contributed by atoms with Crippen LogP contribution < -0.4 is 15.5 Å². The van der Waals surface area contributed by atoms with Crippen LogP contribution in [0.4, 0.5) is 16.2 Å². The molecule has 0 spiro atoms. The van der Waals surface area contributed by atoms with E-state index in [0.29, 0.717) is 29.9 Å². The zero-order valence-electron chi connectivity index (χ0n) is 15.7. The Labute approximate surface area is 168 Å². The third-order valence-corrected chi connectivity index (χ3v) is 4.94. The van der Waals surface area contributed by atoms with E-state index in [2.05, 4.69) is 10.6 Å². The maximum absolute atomic E-state index is 13.2. The number of hydrogen-bond acceptors (Lipinski definition) is 3. The number of nitrogens with one attached hydrogen (secondary N) is 2. The van der Waals surface area contributed by atoms with E-state index in [1.807, 2.05) is 30.3 Å². The van der Waals surface area contributed by atoms with Crippen molar-refractivity contribution in [3.05, 3.63) is 96.1 Å². The SMILES string of the molecule is O=C1Nc2ccccc2[C@@](O)(C(=O)NCCc2ccccc2)N1c1ccccc1. The smallest absolute Gasteiger partial charge is 0.329 e. The second kappa shape index (κ2) is 7.77. The first-order valence-corrected chi connectivity index (χ1v) is 9.41. The lowest BCUT2D eigenvalue weighted by Gasteiger charge is -2.42. The van der Waals surface area contributed by atoms with E-state index in [-0.39, 0.29) is 0 Å². The molecule has 0 radical (unpaired) electrons. The average molecular weight is 387 g/mol. The van der Waals surface area contributed by atoms with Gasteiger partial charge in [0.15, 0.2) is 0 Å². The van der Waals surface area contributed by atoms with Gasteiger partial charge in [-0.15, -0.1) is 0 Å². The molecule has 3 aromatic carbocycles. The second-order valence-corrected chi connectivity index (χ2v) is 6.81. The predicted molar refractivity (Wildman–Crippen MR) is 111 cm³/mol. The molecule has 0 fully saturated rings. The molecule has 0 unspecified atom stereocenters. The number of carbonyl (C=O) groups is 2. The fourth-order valence-electron chi connectivity index (χ4n) is 3.53. The fourth-order valence-corrected chi connectivity index (χ4v) is 3.53. The van der Waals surface area contributed by atoms with E-state index in [0.717, 1.165) is 10.5 Å². The number of carbonyl (C=O) groups excluding carboxylic acids is 2. The van der Waals surface area contributed by atoms with Crippen LogP contribution in [0.1, 0.15) is 11.1 Å². The summed E-state index contributed by atoms with van der Waals surface area (Å²) in [4.78, 5) is 27.2. The third kappa shape index (κ3) is 3.46. The minimum Gasteiger partial charge on any atom is -0.359 e. The molecule has 3 aromatic rings. The minimum atomic E-state index is -2.17. The van der Waals surface area contributed by atoms with Crippen LogP contribution in [-0.4, -0.2) is 23.6 Å². The Morgan fingerprint density at radius 2 is 1.55 bits per heavy atom. The van der Waals surface area contributed by atoms with Crippen LogP contribution in [0.25, 0.3) is 0 Å². The monoisotopic (exact) mass is 387 g/mol. The predicted octanol–water partition coefficient (Wildman–Crippen LogP) is 3.24. The van der Waals surface area contributed by atoms with Gasteiger partial charge in [-0.3, -0.25) is 9.69 Å². The zero-order chi connectivity index (χ0) is 20.3. The molecule has 6 nitrogen and oxygen atoms in total. The maximum atomic E-state index is 13.2. The number of fused-ring (bicyclic) bond motifs is 1. The summed E-state index contributed by atoms with van der Waals surface area (Å²) in [6.45, 7) is 0.331. The Hall–Kier alpha value is -3.64. The molecule has 0 saturated carbocycles. The summed E-state index contributed by atoms with van der Waals surface area (Å²) in [5.41, 5.74) is 0.0458. The number of para-hydroxylation sites is 2. The van der Waals surface area contributed by atoms with E-state index in [4.69, 9.17) is 0 Å². The lowest BCUT2D eigenvalue weighted by atomic mass is 9.94. The normalized spacial score (nSPS) is 18.0. The molecular weight excluding hydrogens is 366 g/mol. The van der Waals surface area contributed by atoms with Gasteiger partial charge in [0.1, 0.15) is 0 Å². The topological polar surface area (TPSA) is 81.7 Å². The summed E-state index contributed by atoms with van der Waals surface area (Å²) in [5.74, 6) is -0.653. The first kappa shape index (κ1) is 18.7. The molecule has 0 aliphatic carbocycles. The Balaban J connectivity index is 1.67. The number of aliphatic hydroxyl groups is 1. The molecule has 29 heavy (non-hydrogen) atoms. The zero-order valence-corrected chi connectivity index (χ0v) is 15.7. The van der Waals surface area contributed by atoms with Gasteiger partial charge >= 0.3 is 6.03 Å². The van der Waals surface area contributed by atoms with Crippen LogP contribution in [0.3, 0.4) is 0 Å². The number of benzene rings is 3. The molecule has 0 aromatic heterocycles. The van der Waals surface area contributed by atoms with Gasteiger partial charge in [0, 0.05) is 17.8 Å². The third-order valence-electron chi connectivity index (χ3n) is 4.94. The maximum Gasteiger partial charge on any atom is 0.329 e. The van der Waals surface area contributed by atoms with Crippen molar-refractivity contribution in [1.29, 1.82) is 0 Å². The number of anilines is 2. The van der Waals surface area contributed by atoms with Crippen molar-refractivity contribution >= 4 is 23.3 Å². The molecule has 0 bridgehead atoms. The highest BCUT2D eigenvalue weighted by atomic mass is 16.3. The van der Waals surface area contributed by atoms with Crippen LogP contribution in [0.2, 0.25) is 0 Å². The number of rotatable bonds is 5. The number of urea groups is 1. The van der Waals surface area contributed by atoms with Crippen molar-refractivity contribution in [3.63, 3.8) is 0 Å². The molecule has 3 N–H and O–H groups in total. The van der Waals surface area contributed by atoms with Gasteiger partial charge in [0.05, 0.1) is 5.69 Å². The quantitative estimate of drug-likeness (QED) is 0.629. The average Bonchev–Trinajstić information content (AvgIpc) is 2.75. The molecular formula is C23H21N3O3. The Kier molecular flexibility index (Phi) is 5.01. The van der Waals surface area contributed by atoms with E-state index in [1.165, 1.54) is 0 Å². The van der Waals surface area contributed by atoms with Gasteiger partial charge in [-0.2, -0.15) is 0 Å². The van der Waals surface area contributed by atoms with Crippen LogP contribution >= 0.6 is 0 Å². The summed E-state index contributed by atoms with van der Waals surface area (Å²) < 4.78 is 0. The van der Waals surface area contributed by atoms with E-state index in [1.54, 1.807) is 54.6 Å². The van der Waals surface area contributed by atoms with Crippen LogP contribution in [0.15, 0.2) is 84.9 Å². The number of hydrogen-bond donors (Lipinski definition) is 3. The van der Waals surface area contributed by atoms with Crippen LogP contribution in [0.5, 0.6) is 0 Å². The van der Waals surface area contributed by atoms with Crippen molar-refractivity contribution in [2.45, 2.75) is 12.1 Å². The van der Waals surface area contributed by atoms with E-state index >= 15 is 0 Å². The lowest BCUT2D eigenvalue weighted by Crippen LogP contribution is -2.62. The first-order chi connectivity index (χ1) is 14.1. The van der Waals surface area contributed by atoms with Crippen molar-refractivity contribution in [1.82, 2.24) is 5.32 Å². The van der Waals surface area contributed by atoms with Crippen LogP contribution in [-0.2, 0) is 16.9 Å². The van der Waals surface area contributed by atoms with Gasteiger partial charge in [0.25, 0.3) is 11.6 Å². The summed E-state index contributed by atoms with van der Waals surface area (Å²) in [7, 11) is 0. The largest absolute Gasteiger partial charge is 0.359 e. The van der Waals surface area contributed by atoms with Gasteiger partial charge in [-0.25, -0.2) is 4.79 Å². The Morgan fingerprint density at radius 3 is 2.28 bits per heavy atom. The molecule has 1 aliphatic heterocycles. The van der Waals surface area contributed by atoms with Gasteiger partial charge in [-0.05, 0) is 30.2 Å². The van der Waals surface area contributed by atoms with E-state index in [9.17, 15) is 14.7 Å². The van der Waals surface area contributed by atoms with Crippen LogP contribution in [0, 0.1) is 0 Å². The standard InChI is InChI=1S/C23H21N3O3/c27-21(24-16-15-17-9-3-1-4-10-17)23(29)19-13-7-8-14-20(19)25-22(28)26(23)18-11-5-2-6-12-18/h1-14,29H,15-16H2,(H,24,27)(H,25,28)/t23-/m1/s1. The van der Waals surface area contributed by atoms with Crippen molar-refractivity contribution in [3.8, 4) is 0 Å². The molecule has 6 heteroatoms. The van der Waals surface area contributed by atoms with Gasteiger partial charge < -0.3 is 15.7 Å². The van der Waals surface area contributed by atoms with Crippen molar-refractivity contribution < 1.29 is 14.7 Å². The fraction of sp³-hybridized carbons (Fsp3) is 0.130. The van der Waals surface area contributed by atoms with Gasteiger partial charge in [-0.1, -0.05) is 66.7 Å². The van der Waals surface area contributed by atoms with Crippen molar-refractivity contribution in [2.75, 3.05) is 16.8 Å². The molecule has 3 amide bonds. The molecule has 1 atom stereocenters. The Morgan fingerprint density at radius 1 is 0.931 bits per heavy atom. The Bertz CT molecular complexity index is 1020. The molecule has 1 aliphatic rings. The number of amides is 3. The number of nitrogens with zero attached hydrogens (tertiary/aromatic N) is 1. The highest BCUT2D eigenvalue weighted by Gasteiger charge is 2.51. The van der Waals surface area contributed by atoms with Gasteiger partial charge in [0.2, 0.25) is 0 Å². The highest BCUT2D eigenvalue weighted by Crippen LogP contribution is 2.39. The molecule has 4 rings (SSSR count). The summed E-state index contributed by atoms with van der Waals surface area (Å²) in [6, 6.07) is 24.6. The summed E-state index contributed by atoms with van der Waals surface area (Å²) >= 11 is 0. The second-order valence-electron chi connectivity index (χ2n) is 6.81.